The second kappa shape index (κ2) is 7.58. The number of methoxy groups -OCH3 is 1. The minimum Gasteiger partial charge on any atom is -0.496 e. The van der Waals surface area contributed by atoms with Crippen molar-refractivity contribution >= 4 is 5.69 Å². The zero-order valence-electron chi connectivity index (χ0n) is 13.0. The van der Waals surface area contributed by atoms with Crippen LogP contribution in [0.15, 0.2) is 42.5 Å². The van der Waals surface area contributed by atoms with Gasteiger partial charge in [0.2, 0.25) is 0 Å². The second-order valence-corrected chi connectivity index (χ2v) is 5.03. The molecule has 0 unspecified atom stereocenters. The van der Waals surface area contributed by atoms with Gasteiger partial charge in [-0.15, -0.1) is 0 Å². The standard InChI is InChI=1S/C18H23NO2/c1-4-10-21-17-7-5-6-15(12-17)13-19-16-8-9-18(20-3)14(2)11-16/h5-9,11-12,19H,4,10,13H2,1-3H3. The molecule has 0 amide bonds. The number of hydrogen-bond donors (Lipinski definition) is 1. The summed E-state index contributed by atoms with van der Waals surface area (Å²) in [5.41, 5.74) is 3.42. The maximum absolute atomic E-state index is 5.65. The maximum atomic E-state index is 5.65. The van der Waals surface area contributed by atoms with Crippen LogP contribution in [0.1, 0.15) is 24.5 Å². The fourth-order valence-corrected chi connectivity index (χ4v) is 2.16. The number of hydrogen-bond acceptors (Lipinski definition) is 3. The van der Waals surface area contributed by atoms with E-state index in [0.29, 0.717) is 0 Å². The van der Waals surface area contributed by atoms with Crippen molar-refractivity contribution in [1.82, 2.24) is 0 Å². The highest BCUT2D eigenvalue weighted by atomic mass is 16.5. The largest absolute Gasteiger partial charge is 0.496 e. The summed E-state index contributed by atoms with van der Waals surface area (Å²) in [7, 11) is 1.69. The average Bonchev–Trinajstić information content (AvgIpc) is 2.51. The Kier molecular flexibility index (Phi) is 5.50. The molecule has 0 aliphatic carbocycles. The molecule has 0 radical (unpaired) electrons. The zero-order valence-corrected chi connectivity index (χ0v) is 13.0. The van der Waals surface area contributed by atoms with E-state index in [0.717, 1.165) is 42.3 Å². The van der Waals surface area contributed by atoms with Crippen LogP contribution in [0.4, 0.5) is 5.69 Å². The van der Waals surface area contributed by atoms with Crippen molar-refractivity contribution < 1.29 is 9.47 Å². The lowest BCUT2D eigenvalue weighted by molar-refractivity contribution is 0.317. The molecule has 2 rings (SSSR count). The molecule has 0 aliphatic rings. The molecule has 0 aromatic heterocycles. The summed E-state index contributed by atoms with van der Waals surface area (Å²) in [5.74, 6) is 1.84. The molecule has 0 fully saturated rings. The molecule has 21 heavy (non-hydrogen) atoms. The van der Waals surface area contributed by atoms with Crippen LogP contribution in [-0.4, -0.2) is 13.7 Å². The van der Waals surface area contributed by atoms with Gasteiger partial charge in [-0.05, 0) is 54.8 Å². The number of rotatable bonds is 7. The van der Waals surface area contributed by atoms with E-state index in [-0.39, 0.29) is 0 Å². The van der Waals surface area contributed by atoms with E-state index < -0.39 is 0 Å². The lowest BCUT2D eigenvalue weighted by atomic mass is 10.1. The van der Waals surface area contributed by atoms with Crippen LogP contribution in [0, 0.1) is 6.92 Å². The third kappa shape index (κ3) is 4.42. The number of aryl methyl sites for hydroxylation is 1. The smallest absolute Gasteiger partial charge is 0.121 e. The summed E-state index contributed by atoms with van der Waals surface area (Å²) in [6, 6.07) is 14.3. The van der Waals surface area contributed by atoms with Gasteiger partial charge in [0, 0.05) is 12.2 Å². The molecular weight excluding hydrogens is 262 g/mol. The van der Waals surface area contributed by atoms with Crippen molar-refractivity contribution in [1.29, 1.82) is 0 Å². The molecule has 0 heterocycles. The van der Waals surface area contributed by atoms with Crippen molar-refractivity contribution in [3.63, 3.8) is 0 Å². The van der Waals surface area contributed by atoms with Crippen LogP contribution in [0.2, 0.25) is 0 Å². The van der Waals surface area contributed by atoms with Gasteiger partial charge in [-0.25, -0.2) is 0 Å². The molecule has 0 saturated carbocycles. The van der Waals surface area contributed by atoms with Crippen LogP contribution in [0.5, 0.6) is 11.5 Å². The minimum atomic E-state index is 0.758. The first kappa shape index (κ1) is 15.2. The van der Waals surface area contributed by atoms with Gasteiger partial charge in [-0.2, -0.15) is 0 Å². The fraction of sp³-hybridized carbons (Fsp3) is 0.333. The summed E-state index contributed by atoms with van der Waals surface area (Å²) in [5, 5.41) is 3.43. The Morgan fingerprint density at radius 1 is 1.10 bits per heavy atom. The molecule has 1 N–H and O–H groups in total. The van der Waals surface area contributed by atoms with E-state index in [2.05, 4.69) is 30.4 Å². The van der Waals surface area contributed by atoms with Crippen LogP contribution in [0.3, 0.4) is 0 Å². The topological polar surface area (TPSA) is 30.5 Å². The van der Waals surface area contributed by atoms with Gasteiger partial charge in [-0.1, -0.05) is 19.1 Å². The van der Waals surface area contributed by atoms with Crippen LogP contribution in [0.25, 0.3) is 0 Å². The highest BCUT2D eigenvalue weighted by molar-refractivity contribution is 5.51. The highest BCUT2D eigenvalue weighted by Crippen LogP contribution is 2.22. The number of anilines is 1. The predicted molar refractivity (Wildman–Crippen MR) is 87.3 cm³/mol. The molecule has 0 saturated heterocycles. The summed E-state index contributed by atoms with van der Waals surface area (Å²) in [6.07, 6.45) is 1.02. The third-order valence-corrected chi connectivity index (χ3v) is 3.26. The first-order chi connectivity index (χ1) is 10.2. The predicted octanol–water partition coefficient (Wildman–Crippen LogP) is 4.40. The molecular formula is C18H23NO2. The third-order valence-electron chi connectivity index (χ3n) is 3.26. The van der Waals surface area contributed by atoms with E-state index in [1.165, 1.54) is 5.56 Å². The first-order valence-corrected chi connectivity index (χ1v) is 7.33. The van der Waals surface area contributed by atoms with Gasteiger partial charge in [-0.3, -0.25) is 0 Å². The second-order valence-electron chi connectivity index (χ2n) is 5.03. The number of ether oxygens (including phenoxy) is 2. The van der Waals surface area contributed by atoms with Gasteiger partial charge in [0.05, 0.1) is 13.7 Å². The molecule has 0 bridgehead atoms. The van der Waals surface area contributed by atoms with E-state index in [9.17, 15) is 0 Å². The Balaban J connectivity index is 1.97. The summed E-state index contributed by atoms with van der Waals surface area (Å²) in [4.78, 5) is 0. The maximum Gasteiger partial charge on any atom is 0.121 e. The zero-order chi connectivity index (χ0) is 15.1. The quantitative estimate of drug-likeness (QED) is 0.817. The van der Waals surface area contributed by atoms with Crippen LogP contribution in [-0.2, 0) is 6.54 Å². The summed E-state index contributed by atoms with van der Waals surface area (Å²) >= 11 is 0. The van der Waals surface area contributed by atoms with Crippen molar-refractivity contribution in [2.45, 2.75) is 26.8 Å². The van der Waals surface area contributed by atoms with Crippen molar-refractivity contribution in [2.24, 2.45) is 0 Å². The molecule has 0 spiro atoms. The lowest BCUT2D eigenvalue weighted by Gasteiger charge is -2.11. The van der Waals surface area contributed by atoms with Gasteiger partial charge >= 0.3 is 0 Å². The van der Waals surface area contributed by atoms with Gasteiger partial charge in [0.15, 0.2) is 0 Å². The Morgan fingerprint density at radius 3 is 2.67 bits per heavy atom. The Morgan fingerprint density at radius 2 is 1.95 bits per heavy atom. The monoisotopic (exact) mass is 285 g/mol. The molecule has 2 aromatic carbocycles. The first-order valence-electron chi connectivity index (χ1n) is 7.33. The van der Waals surface area contributed by atoms with E-state index in [1.54, 1.807) is 7.11 Å². The van der Waals surface area contributed by atoms with Crippen molar-refractivity contribution in [2.75, 3.05) is 19.0 Å². The normalized spacial score (nSPS) is 10.2. The SMILES string of the molecule is CCCOc1cccc(CNc2ccc(OC)c(C)c2)c1. The van der Waals surface area contributed by atoms with Gasteiger partial charge in [0.1, 0.15) is 11.5 Å². The fourth-order valence-electron chi connectivity index (χ4n) is 2.16. The molecule has 3 nitrogen and oxygen atoms in total. The summed E-state index contributed by atoms with van der Waals surface area (Å²) in [6.45, 7) is 5.68. The Bertz CT molecular complexity index is 581. The average molecular weight is 285 g/mol. The van der Waals surface area contributed by atoms with Gasteiger partial charge in [0.25, 0.3) is 0 Å². The minimum absolute atomic E-state index is 0.758. The van der Waals surface area contributed by atoms with E-state index in [1.807, 2.05) is 31.2 Å². The Labute approximate surface area is 126 Å². The molecule has 112 valence electrons. The summed E-state index contributed by atoms with van der Waals surface area (Å²) < 4.78 is 10.9. The molecule has 0 aliphatic heterocycles. The van der Waals surface area contributed by atoms with Crippen LogP contribution >= 0.6 is 0 Å². The highest BCUT2D eigenvalue weighted by Gasteiger charge is 2.01. The number of benzene rings is 2. The molecule has 2 aromatic rings. The van der Waals surface area contributed by atoms with Crippen molar-refractivity contribution in [3.8, 4) is 11.5 Å². The van der Waals surface area contributed by atoms with Crippen LogP contribution < -0.4 is 14.8 Å². The van der Waals surface area contributed by atoms with E-state index >= 15 is 0 Å². The van der Waals surface area contributed by atoms with Gasteiger partial charge < -0.3 is 14.8 Å². The Hall–Kier alpha value is -2.16. The van der Waals surface area contributed by atoms with E-state index in [4.69, 9.17) is 9.47 Å². The lowest BCUT2D eigenvalue weighted by Crippen LogP contribution is -2.01. The molecule has 3 heteroatoms. The van der Waals surface area contributed by atoms with Crippen molar-refractivity contribution in [3.05, 3.63) is 53.6 Å². The molecule has 0 atom stereocenters. The number of nitrogens with one attached hydrogen (secondary N) is 1.